The Bertz CT molecular complexity index is 773. The smallest absolute Gasteiger partial charge is 0.406 e. The zero-order chi connectivity index (χ0) is 16.3. The summed E-state index contributed by atoms with van der Waals surface area (Å²) in [7, 11) is 0. The van der Waals surface area contributed by atoms with Crippen molar-refractivity contribution in [1.82, 2.24) is 10.2 Å². The third-order valence-corrected chi connectivity index (χ3v) is 3.67. The van der Waals surface area contributed by atoms with Crippen molar-refractivity contribution in [3.8, 4) is 16.3 Å². The molecule has 3 aromatic rings. The highest BCUT2D eigenvalue weighted by Gasteiger charge is 2.30. The van der Waals surface area contributed by atoms with E-state index in [-0.39, 0.29) is 5.75 Å². The third-order valence-electron chi connectivity index (χ3n) is 2.78. The van der Waals surface area contributed by atoms with Crippen LogP contribution in [0.25, 0.3) is 10.6 Å². The first-order valence-electron chi connectivity index (χ1n) is 6.51. The molecule has 118 valence electrons. The van der Waals surface area contributed by atoms with Gasteiger partial charge in [-0.3, -0.25) is 0 Å². The van der Waals surface area contributed by atoms with Crippen LogP contribution >= 0.6 is 11.3 Å². The topological polar surface area (TPSA) is 47.0 Å². The van der Waals surface area contributed by atoms with E-state index in [1.165, 1.54) is 35.6 Å². The normalized spacial score (nSPS) is 11.3. The van der Waals surface area contributed by atoms with E-state index in [0.29, 0.717) is 10.8 Å². The molecule has 0 aliphatic heterocycles. The van der Waals surface area contributed by atoms with E-state index in [4.69, 9.17) is 0 Å². The molecule has 0 unspecified atom stereocenters. The molecule has 0 bridgehead atoms. The van der Waals surface area contributed by atoms with E-state index < -0.39 is 6.36 Å². The fourth-order valence-corrected chi connectivity index (χ4v) is 2.60. The van der Waals surface area contributed by atoms with Crippen LogP contribution < -0.4 is 10.1 Å². The predicted molar refractivity (Wildman–Crippen MR) is 81.8 cm³/mol. The number of nitrogens with one attached hydrogen (secondary N) is 1. The number of halogens is 3. The molecular formula is C15H10F3N3OS. The van der Waals surface area contributed by atoms with Crippen LogP contribution in [0.1, 0.15) is 0 Å². The molecule has 1 heterocycles. The van der Waals surface area contributed by atoms with Crippen LogP contribution in [0, 0.1) is 0 Å². The van der Waals surface area contributed by atoms with Gasteiger partial charge in [0, 0.05) is 11.3 Å². The number of hydrogen-bond donors (Lipinski definition) is 1. The van der Waals surface area contributed by atoms with Gasteiger partial charge in [0.1, 0.15) is 10.8 Å². The lowest BCUT2D eigenvalue weighted by molar-refractivity contribution is -0.274. The van der Waals surface area contributed by atoms with E-state index in [1.807, 2.05) is 30.3 Å². The number of anilines is 2. The van der Waals surface area contributed by atoms with E-state index in [9.17, 15) is 13.2 Å². The summed E-state index contributed by atoms with van der Waals surface area (Å²) in [4.78, 5) is 0. The zero-order valence-electron chi connectivity index (χ0n) is 11.5. The molecule has 23 heavy (non-hydrogen) atoms. The lowest BCUT2D eigenvalue weighted by Gasteiger charge is -2.09. The molecule has 1 aromatic heterocycles. The van der Waals surface area contributed by atoms with Crippen molar-refractivity contribution in [3.05, 3.63) is 54.6 Å². The lowest BCUT2D eigenvalue weighted by Crippen LogP contribution is -2.16. The molecule has 1 N–H and O–H groups in total. The van der Waals surface area contributed by atoms with E-state index in [2.05, 4.69) is 20.3 Å². The van der Waals surface area contributed by atoms with Gasteiger partial charge in [0.05, 0.1) is 0 Å². The monoisotopic (exact) mass is 337 g/mol. The first kappa shape index (κ1) is 15.3. The molecule has 4 nitrogen and oxygen atoms in total. The Kier molecular flexibility index (Phi) is 4.16. The Hall–Kier alpha value is -2.61. The van der Waals surface area contributed by atoms with Gasteiger partial charge < -0.3 is 10.1 Å². The Balaban J connectivity index is 1.69. The van der Waals surface area contributed by atoms with Gasteiger partial charge in [0.15, 0.2) is 0 Å². The molecule has 0 amide bonds. The van der Waals surface area contributed by atoms with Crippen LogP contribution in [0.15, 0.2) is 54.6 Å². The van der Waals surface area contributed by atoms with E-state index in [0.717, 1.165) is 10.6 Å². The Labute approximate surface area is 133 Å². The molecule has 0 fully saturated rings. The molecular weight excluding hydrogens is 327 g/mol. The van der Waals surface area contributed by atoms with Gasteiger partial charge in [0.2, 0.25) is 5.13 Å². The summed E-state index contributed by atoms with van der Waals surface area (Å²) in [5.74, 6) is -0.273. The average molecular weight is 337 g/mol. The zero-order valence-corrected chi connectivity index (χ0v) is 12.4. The van der Waals surface area contributed by atoms with Gasteiger partial charge in [-0.15, -0.1) is 23.4 Å². The molecule has 2 aromatic carbocycles. The molecule has 0 spiro atoms. The van der Waals surface area contributed by atoms with Crippen LogP contribution in [0.5, 0.6) is 5.75 Å². The van der Waals surface area contributed by atoms with Crippen molar-refractivity contribution >= 4 is 22.2 Å². The fraction of sp³-hybridized carbons (Fsp3) is 0.0667. The maximum atomic E-state index is 12.1. The quantitative estimate of drug-likeness (QED) is 0.739. The van der Waals surface area contributed by atoms with Crippen molar-refractivity contribution < 1.29 is 17.9 Å². The van der Waals surface area contributed by atoms with Crippen LogP contribution in [0.4, 0.5) is 24.0 Å². The average Bonchev–Trinajstić information content (AvgIpc) is 2.97. The maximum absolute atomic E-state index is 12.1. The number of hydrogen-bond acceptors (Lipinski definition) is 5. The van der Waals surface area contributed by atoms with Crippen LogP contribution in [0.3, 0.4) is 0 Å². The molecule has 8 heteroatoms. The number of aromatic nitrogens is 2. The number of alkyl halides is 3. The summed E-state index contributed by atoms with van der Waals surface area (Å²) in [6.45, 7) is 0. The van der Waals surface area contributed by atoms with Gasteiger partial charge in [0.25, 0.3) is 0 Å². The molecule has 0 saturated carbocycles. The number of rotatable bonds is 4. The van der Waals surface area contributed by atoms with Crippen molar-refractivity contribution in [3.63, 3.8) is 0 Å². The molecule has 0 saturated heterocycles. The van der Waals surface area contributed by atoms with E-state index >= 15 is 0 Å². The summed E-state index contributed by atoms with van der Waals surface area (Å²) >= 11 is 1.35. The molecule has 0 aliphatic carbocycles. The minimum Gasteiger partial charge on any atom is -0.406 e. The standard InChI is InChI=1S/C15H10F3N3OS/c16-15(17,18)22-12-8-6-11(7-9-12)19-14-21-20-13(23-14)10-4-2-1-3-5-10/h1-9H,(H,19,21). The highest BCUT2D eigenvalue weighted by Crippen LogP contribution is 2.29. The van der Waals surface area contributed by atoms with Crippen molar-refractivity contribution in [2.45, 2.75) is 6.36 Å². The summed E-state index contributed by atoms with van der Waals surface area (Å²) in [6.07, 6.45) is -4.70. The van der Waals surface area contributed by atoms with Crippen LogP contribution in [-0.2, 0) is 0 Å². The fourth-order valence-electron chi connectivity index (χ4n) is 1.83. The minimum atomic E-state index is -4.70. The largest absolute Gasteiger partial charge is 0.573 e. The van der Waals surface area contributed by atoms with Gasteiger partial charge in [-0.25, -0.2) is 0 Å². The lowest BCUT2D eigenvalue weighted by atomic mass is 10.2. The van der Waals surface area contributed by atoms with Gasteiger partial charge in [-0.1, -0.05) is 41.7 Å². The minimum absolute atomic E-state index is 0.273. The van der Waals surface area contributed by atoms with E-state index in [1.54, 1.807) is 0 Å². The predicted octanol–water partition coefficient (Wildman–Crippen LogP) is 4.85. The van der Waals surface area contributed by atoms with Gasteiger partial charge in [-0.2, -0.15) is 0 Å². The van der Waals surface area contributed by atoms with Crippen molar-refractivity contribution in [1.29, 1.82) is 0 Å². The highest BCUT2D eigenvalue weighted by atomic mass is 32.1. The van der Waals surface area contributed by atoms with Crippen LogP contribution in [-0.4, -0.2) is 16.6 Å². The molecule has 0 atom stereocenters. The van der Waals surface area contributed by atoms with Crippen molar-refractivity contribution in [2.75, 3.05) is 5.32 Å². The summed E-state index contributed by atoms with van der Waals surface area (Å²) < 4.78 is 40.1. The second-order valence-electron chi connectivity index (χ2n) is 4.48. The molecule has 0 radical (unpaired) electrons. The van der Waals surface area contributed by atoms with Gasteiger partial charge >= 0.3 is 6.36 Å². The Morgan fingerprint density at radius 2 is 1.61 bits per heavy atom. The molecule has 3 rings (SSSR count). The summed E-state index contributed by atoms with van der Waals surface area (Å²) in [5.41, 5.74) is 1.54. The second-order valence-corrected chi connectivity index (χ2v) is 5.45. The highest BCUT2D eigenvalue weighted by molar-refractivity contribution is 7.18. The SMILES string of the molecule is FC(F)(F)Oc1ccc(Nc2nnc(-c3ccccc3)s2)cc1. The first-order chi connectivity index (χ1) is 11.0. The summed E-state index contributed by atoms with van der Waals surface area (Å²) in [5, 5.41) is 12.4. The van der Waals surface area contributed by atoms with Crippen LogP contribution in [0.2, 0.25) is 0 Å². The summed E-state index contributed by atoms with van der Waals surface area (Å²) in [6, 6.07) is 15.0. The number of benzene rings is 2. The number of ether oxygens (including phenoxy) is 1. The van der Waals surface area contributed by atoms with Gasteiger partial charge in [-0.05, 0) is 24.3 Å². The van der Waals surface area contributed by atoms with Crippen molar-refractivity contribution in [2.24, 2.45) is 0 Å². The Morgan fingerprint density at radius 1 is 0.913 bits per heavy atom. The maximum Gasteiger partial charge on any atom is 0.573 e. The second kappa shape index (κ2) is 6.25. The third kappa shape index (κ3) is 4.19. The Morgan fingerprint density at radius 3 is 2.26 bits per heavy atom. The number of nitrogens with zero attached hydrogens (tertiary/aromatic N) is 2. The molecule has 0 aliphatic rings. The first-order valence-corrected chi connectivity index (χ1v) is 7.33.